The van der Waals surface area contributed by atoms with Crippen LogP contribution in [0.1, 0.15) is 25.0 Å². The molecule has 82 valence electrons. The molecule has 0 aromatic heterocycles. The molecule has 1 aliphatic heterocycles. The van der Waals surface area contributed by atoms with E-state index in [9.17, 15) is 0 Å². The molecule has 0 saturated carbocycles. The maximum absolute atomic E-state index is 5.97. The van der Waals surface area contributed by atoms with E-state index in [0.717, 1.165) is 31.1 Å². The minimum atomic E-state index is 0.743. The van der Waals surface area contributed by atoms with E-state index in [1.165, 1.54) is 17.7 Å². The van der Waals surface area contributed by atoms with Gasteiger partial charge in [-0.25, -0.2) is 0 Å². The van der Waals surface area contributed by atoms with E-state index in [0.29, 0.717) is 0 Å². The standard InChI is InChI=1S/C13H20N2/c1-10(2)8-15-7-6-12-11(9-15)4-3-5-13(12)14/h3-5,10H,6-9,14H2,1-2H3. The molecule has 1 aromatic rings. The van der Waals surface area contributed by atoms with Gasteiger partial charge in [-0.05, 0) is 29.5 Å². The van der Waals surface area contributed by atoms with Crippen LogP contribution in [0.15, 0.2) is 18.2 Å². The minimum Gasteiger partial charge on any atom is -0.398 e. The summed E-state index contributed by atoms with van der Waals surface area (Å²) in [5.41, 5.74) is 9.73. The van der Waals surface area contributed by atoms with E-state index in [-0.39, 0.29) is 0 Å². The van der Waals surface area contributed by atoms with Crippen molar-refractivity contribution in [3.63, 3.8) is 0 Å². The number of rotatable bonds is 2. The second kappa shape index (κ2) is 4.23. The molecule has 0 radical (unpaired) electrons. The largest absolute Gasteiger partial charge is 0.398 e. The van der Waals surface area contributed by atoms with E-state index in [2.05, 4.69) is 30.9 Å². The van der Waals surface area contributed by atoms with Crippen LogP contribution in [-0.2, 0) is 13.0 Å². The van der Waals surface area contributed by atoms with Gasteiger partial charge in [-0.15, -0.1) is 0 Å². The molecule has 0 spiro atoms. The van der Waals surface area contributed by atoms with Crippen LogP contribution in [0.25, 0.3) is 0 Å². The van der Waals surface area contributed by atoms with Crippen molar-refractivity contribution < 1.29 is 0 Å². The summed E-state index contributed by atoms with van der Waals surface area (Å²) < 4.78 is 0. The van der Waals surface area contributed by atoms with Gasteiger partial charge in [0.05, 0.1) is 0 Å². The Morgan fingerprint density at radius 2 is 2.20 bits per heavy atom. The number of nitrogens with two attached hydrogens (primary N) is 1. The Hall–Kier alpha value is -1.02. The van der Waals surface area contributed by atoms with Gasteiger partial charge < -0.3 is 5.73 Å². The van der Waals surface area contributed by atoms with Gasteiger partial charge in [0.15, 0.2) is 0 Å². The van der Waals surface area contributed by atoms with Gasteiger partial charge in [0.1, 0.15) is 0 Å². The van der Waals surface area contributed by atoms with E-state index in [4.69, 9.17) is 5.73 Å². The Morgan fingerprint density at radius 1 is 1.40 bits per heavy atom. The zero-order valence-electron chi connectivity index (χ0n) is 9.66. The molecule has 0 aliphatic carbocycles. The molecular formula is C13H20N2. The lowest BCUT2D eigenvalue weighted by Gasteiger charge is -2.30. The highest BCUT2D eigenvalue weighted by molar-refractivity contribution is 5.51. The Labute approximate surface area is 92.1 Å². The SMILES string of the molecule is CC(C)CN1CCc2c(N)cccc2C1. The Bertz CT molecular complexity index is 344. The van der Waals surface area contributed by atoms with Gasteiger partial charge >= 0.3 is 0 Å². The second-order valence-corrected chi connectivity index (χ2v) is 4.86. The molecule has 2 rings (SSSR count). The third-order valence-corrected chi connectivity index (χ3v) is 3.00. The predicted octanol–water partition coefficient (Wildman–Crippen LogP) is 2.28. The molecule has 2 N–H and O–H groups in total. The molecule has 0 amide bonds. The molecule has 0 unspecified atom stereocenters. The zero-order chi connectivity index (χ0) is 10.8. The number of anilines is 1. The summed E-state index contributed by atoms with van der Waals surface area (Å²) in [6.45, 7) is 7.95. The zero-order valence-corrected chi connectivity index (χ0v) is 9.66. The second-order valence-electron chi connectivity index (χ2n) is 4.86. The molecule has 0 atom stereocenters. The molecule has 15 heavy (non-hydrogen) atoms. The third kappa shape index (κ3) is 2.32. The van der Waals surface area contributed by atoms with Crippen LogP contribution in [0.3, 0.4) is 0 Å². The third-order valence-electron chi connectivity index (χ3n) is 3.00. The van der Waals surface area contributed by atoms with Crippen LogP contribution >= 0.6 is 0 Å². The Kier molecular flexibility index (Phi) is 2.96. The van der Waals surface area contributed by atoms with Gasteiger partial charge in [-0.2, -0.15) is 0 Å². The first-order chi connectivity index (χ1) is 7.16. The first kappa shape index (κ1) is 10.5. The molecule has 0 fully saturated rings. The van der Waals surface area contributed by atoms with Gasteiger partial charge in [0.25, 0.3) is 0 Å². The van der Waals surface area contributed by atoms with E-state index >= 15 is 0 Å². The average molecular weight is 204 g/mol. The van der Waals surface area contributed by atoms with Crippen LogP contribution in [0.5, 0.6) is 0 Å². The van der Waals surface area contributed by atoms with Gasteiger partial charge in [-0.1, -0.05) is 26.0 Å². The van der Waals surface area contributed by atoms with E-state index < -0.39 is 0 Å². The Balaban J connectivity index is 2.13. The fraction of sp³-hybridized carbons (Fsp3) is 0.538. The molecule has 1 aliphatic rings. The summed E-state index contributed by atoms with van der Waals surface area (Å²) in [6, 6.07) is 6.28. The minimum absolute atomic E-state index is 0.743. The first-order valence-electron chi connectivity index (χ1n) is 5.75. The number of benzene rings is 1. The molecule has 0 bridgehead atoms. The monoisotopic (exact) mass is 204 g/mol. The molecule has 1 heterocycles. The van der Waals surface area contributed by atoms with Gasteiger partial charge in [0, 0.05) is 25.3 Å². The fourth-order valence-corrected chi connectivity index (χ4v) is 2.37. The van der Waals surface area contributed by atoms with Crippen molar-refractivity contribution in [3.05, 3.63) is 29.3 Å². The fourth-order valence-electron chi connectivity index (χ4n) is 2.37. The van der Waals surface area contributed by atoms with Gasteiger partial charge in [-0.3, -0.25) is 4.90 Å². The van der Waals surface area contributed by atoms with E-state index in [1.807, 2.05) is 6.07 Å². The number of hydrogen-bond donors (Lipinski definition) is 1. The van der Waals surface area contributed by atoms with Crippen molar-refractivity contribution in [1.29, 1.82) is 0 Å². The Morgan fingerprint density at radius 3 is 2.93 bits per heavy atom. The van der Waals surface area contributed by atoms with Crippen LogP contribution in [0.4, 0.5) is 5.69 Å². The summed E-state index contributed by atoms with van der Waals surface area (Å²) in [7, 11) is 0. The molecule has 2 heteroatoms. The van der Waals surface area contributed by atoms with Crippen molar-refractivity contribution in [2.24, 2.45) is 5.92 Å². The lowest BCUT2D eigenvalue weighted by atomic mass is 9.97. The number of nitrogens with zero attached hydrogens (tertiary/aromatic N) is 1. The van der Waals surface area contributed by atoms with Crippen LogP contribution in [-0.4, -0.2) is 18.0 Å². The highest BCUT2D eigenvalue weighted by Gasteiger charge is 2.17. The van der Waals surface area contributed by atoms with E-state index in [1.54, 1.807) is 0 Å². The van der Waals surface area contributed by atoms with Crippen LogP contribution in [0.2, 0.25) is 0 Å². The number of fused-ring (bicyclic) bond motifs is 1. The topological polar surface area (TPSA) is 29.3 Å². The normalized spacial score (nSPS) is 16.7. The van der Waals surface area contributed by atoms with Crippen molar-refractivity contribution in [1.82, 2.24) is 4.90 Å². The maximum atomic E-state index is 5.97. The highest BCUT2D eigenvalue weighted by atomic mass is 15.1. The number of hydrogen-bond acceptors (Lipinski definition) is 2. The highest BCUT2D eigenvalue weighted by Crippen LogP contribution is 2.24. The van der Waals surface area contributed by atoms with Gasteiger partial charge in [0.2, 0.25) is 0 Å². The van der Waals surface area contributed by atoms with Crippen LogP contribution in [0, 0.1) is 5.92 Å². The van der Waals surface area contributed by atoms with Crippen molar-refractivity contribution >= 4 is 5.69 Å². The predicted molar refractivity (Wildman–Crippen MR) is 64.7 cm³/mol. The molecule has 1 aromatic carbocycles. The average Bonchev–Trinajstić information content (AvgIpc) is 2.17. The quantitative estimate of drug-likeness (QED) is 0.749. The number of nitrogen functional groups attached to an aromatic ring is 1. The smallest absolute Gasteiger partial charge is 0.0350 e. The molecular weight excluding hydrogens is 184 g/mol. The maximum Gasteiger partial charge on any atom is 0.0350 e. The summed E-state index contributed by atoms with van der Waals surface area (Å²) in [6.07, 6.45) is 1.11. The molecule has 2 nitrogen and oxygen atoms in total. The van der Waals surface area contributed by atoms with Crippen molar-refractivity contribution in [2.75, 3.05) is 18.8 Å². The summed E-state index contributed by atoms with van der Waals surface area (Å²) in [5.74, 6) is 0.743. The summed E-state index contributed by atoms with van der Waals surface area (Å²) in [4.78, 5) is 2.52. The van der Waals surface area contributed by atoms with Crippen LogP contribution < -0.4 is 5.73 Å². The first-order valence-corrected chi connectivity index (χ1v) is 5.75. The molecule has 0 saturated heterocycles. The van der Waals surface area contributed by atoms with Crippen molar-refractivity contribution in [2.45, 2.75) is 26.8 Å². The summed E-state index contributed by atoms with van der Waals surface area (Å²) in [5, 5.41) is 0. The van der Waals surface area contributed by atoms with Crippen molar-refractivity contribution in [3.8, 4) is 0 Å². The summed E-state index contributed by atoms with van der Waals surface area (Å²) >= 11 is 0. The lowest BCUT2D eigenvalue weighted by Crippen LogP contribution is -2.33. The lowest BCUT2D eigenvalue weighted by molar-refractivity contribution is 0.227.